The molecule has 7 nitrogen and oxygen atoms in total. The molecule has 0 unspecified atom stereocenters. The zero-order chi connectivity index (χ0) is 16.7. The number of carbonyl (C=O) groups excluding carboxylic acids is 2. The Labute approximate surface area is 131 Å². The minimum absolute atomic E-state index is 0.114. The first-order chi connectivity index (χ1) is 11.1. The number of nitro benzene ring substituents is 1. The van der Waals surface area contributed by atoms with Crippen molar-refractivity contribution in [2.45, 2.75) is 0 Å². The maximum absolute atomic E-state index is 11.8. The number of nitrogens with zero attached hydrogens (tertiary/aromatic N) is 1. The summed E-state index contributed by atoms with van der Waals surface area (Å²) in [5.74, 6) is -1.06. The predicted octanol–water partition coefficient (Wildman–Crippen LogP) is 2.07. The molecule has 0 radical (unpaired) electrons. The van der Waals surface area contributed by atoms with Crippen LogP contribution in [0, 0.1) is 10.1 Å². The van der Waals surface area contributed by atoms with Gasteiger partial charge in [-0.25, -0.2) is 0 Å². The molecule has 0 bridgehead atoms. The number of rotatable bonds is 4. The highest BCUT2D eigenvalue weighted by molar-refractivity contribution is 5.98. The fraction of sp³-hybridized carbons (Fsp3) is 0. The van der Waals surface area contributed by atoms with E-state index < -0.39 is 16.7 Å². The number of carbonyl (C=O) groups is 2. The van der Waals surface area contributed by atoms with E-state index in [2.05, 4.69) is 10.9 Å². The Morgan fingerprint density at radius 1 is 0.957 bits per heavy atom. The molecule has 0 atom stereocenters. The van der Waals surface area contributed by atoms with Crippen molar-refractivity contribution in [2.24, 2.45) is 0 Å². The van der Waals surface area contributed by atoms with Crippen molar-refractivity contribution in [1.29, 1.82) is 0 Å². The number of nitro groups is 1. The normalized spacial score (nSPS) is 10.3. The van der Waals surface area contributed by atoms with E-state index in [9.17, 15) is 19.7 Å². The SMILES string of the molecule is O=C(C=Cc1ccccc1)NNC(=O)c1ccc([N+](=O)[O-])cc1. The first kappa shape index (κ1) is 15.9. The second-order valence-electron chi connectivity index (χ2n) is 4.49. The molecule has 0 aliphatic rings. The summed E-state index contributed by atoms with van der Waals surface area (Å²) in [6.07, 6.45) is 2.89. The van der Waals surface area contributed by atoms with Gasteiger partial charge in [0.1, 0.15) is 0 Å². The smallest absolute Gasteiger partial charge is 0.268 e. The number of benzene rings is 2. The van der Waals surface area contributed by atoms with E-state index in [0.29, 0.717) is 0 Å². The molecule has 2 N–H and O–H groups in total. The van der Waals surface area contributed by atoms with E-state index in [0.717, 1.165) is 5.56 Å². The third-order valence-corrected chi connectivity index (χ3v) is 2.87. The molecule has 2 aromatic carbocycles. The zero-order valence-electron chi connectivity index (χ0n) is 11.9. The molecule has 0 fully saturated rings. The molecule has 0 aromatic heterocycles. The van der Waals surface area contributed by atoms with Gasteiger partial charge in [-0.05, 0) is 23.8 Å². The summed E-state index contributed by atoms with van der Waals surface area (Å²) in [5, 5.41) is 10.5. The Balaban J connectivity index is 1.87. The molecule has 2 amide bonds. The zero-order valence-corrected chi connectivity index (χ0v) is 11.9. The molecule has 0 aliphatic heterocycles. The fourth-order valence-electron chi connectivity index (χ4n) is 1.70. The molecule has 0 aliphatic carbocycles. The van der Waals surface area contributed by atoms with Crippen LogP contribution in [0.1, 0.15) is 15.9 Å². The molecule has 0 saturated carbocycles. The molecular formula is C16H13N3O4. The monoisotopic (exact) mass is 311 g/mol. The summed E-state index contributed by atoms with van der Waals surface area (Å²) in [5.41, 5.74) is 5.39. The topological polar surface area (TPSA) is 101 Å². The lowest BCUT2D eigenvalue weighted by molar-refractivity contribution is -0.384. The Morgan fingerprint density at radius 3 is 2.22 bits per heavy atom. The van der Waals surface area contributed by atoms with E-state index in [-0.39, 0.29) is 11.3 Å². The Morgan fingerprint density at radius 2 is 1.61 bits per heavy atom. The van der Waals surface area contributed by atoms with Gasteiger partial charge in [0.25, 0.3) is 17.5 Å². The van der Waals surface area contributed by atoms with Crippen LogP contribution in [0.4, 0.5) is 5.69 Å². The van der Waals surface area contributed by atoms with Crippen LogP contribution >= 0.6 is 0 Å². The lowest BCUT2D eigenvalue weighted by Gasteiger charge is -2.05. The van der Waals surface area contributed by atoms with Crippen molar-refractivity contribution >= 4 is 23.6 Å². The van der Waals surface area contributed by atoms with E-state index in [4.69, 9.17) is 0 Å². The third kappa shape index (κ3) is 4.78. The summed E-state index contributed by atoms with van der Waals surface area (Å²) in [4.78, 5) is 33.3. The highest BCUT2D eigenvalue weighted by atomic mass is 16.6. The van der Waals surface area contributed by atoms with Crippen LogP contribution in [0.5, 0.6) is 0 Å². The molecule has 0 saturated heterocycles. The van der Waals surface area contributed by atoms with E-state index in [1.807, 2.05) is 30.3 Å². The van der Waals surface area contributed by atoms with Crippen molar-refractivity contribution in [3.63, 3.8) is 0 Å². The van der Waals surface area contributed by atoms with E-state index in [1.165, 1.54) is 30.3 Å². The Kier molecular flexibility index (Phi) is 5.19. The maximum Gasteiger partial charge on any atom is 0.269 e. The Bertz CT molecular complexity index is 740. The van der Waals surface area contributed by atoms with Crippen molar-refractivity contribution in [1.82, 2.24) is 10.9 Å². The van der Waals surface area contributed by atoms with Gasteiger partial charge in [0.15, 0.2) is 0 Å². The van der Waals surface area contributed by atoms with Gasteiger partial charge in [0, 0.05) is 23.8 Å². The van der Waals surface area contributed by atoms with E-state index in [1.54, 1.807) is 6.08 Å². The number of hydrogen-bond acceptors (Lipinski definition) is 4. The largest absolute Gasteiger partial charge is 0.269 e. The van der Waals surface area contributed by atoms with Gasteiger partial charge in [0.2, 0.25) is 0 Å². The third-order valence-electron chi connectivity index (χ3n) is 2.87. The standard InChI is InChI=1S/C16H13N3O4/c20-15(11-6-12-4-2-1-3-5-12)17-18-16(21)13-7-9-14(10-8-13)19(22)23/h1-11H,(H,17,20)(H,18,21). The van der Waals surface area contributed by atoms with Crippen LogP contribution in [0.3, 0.4) is 0 Å². The Hall–Kier alpha value is -3.48. The minimum atomic E-state index is -0.568. The van der Waals surface area contributed by atoms with Gasteiger partial charge in [-0.3, -0.25) is 30.6 Å². The maximum atomic E-state index is 11.8. The van der Waals surface area contributed by atoms with Gasteiger partial charge in [-0.2, -0.15) is 0 Å². The van der Waals surface area contributed by atoms with Crippen LogP contribution in [-0.4, -0.2) is 16.7 Å². The van der Waals surface area contributed by atoms with Crippen molar-refractivity contribution in [3.8, 4) is 0 Å². The second kappa shape index (κ2) is 7.51. The number of hydrogen-bond donors (Lipinski definition) is 2. The van der Waals surface area contributed by atoms with Crippen molar-refractivity contribution in [3.05, 3.63) is 81.9 Å². The summed E-state index contributed by atoms with van der Waals surface area (Å²) in [6, 6.07) is 14.2. The lowest BCUT2D eigenvalue weighted by atomic mass is 10.2. The van der Waals surface area contributed by atoms with E-state index >= 15 is 0 Å². The minimum Gasteiger partial charge on any atom is -0.268 e. The van der Waals surface area contributed by atoms with Crippen LogP contribution < -0.4 is 10.9 Å². The van der Waals surface area contributed by atoms with Crippen molar-refractivity contribution in [2.75, 3.05) is 0 Å². The molecule has 0 heterocycles. The van der Waals surface area contributed by atoms with Crippen LogP contribution in [-0.2, 0) is 4.79 Å². The van der Waals surface area contributed by atoms with Gasteiger partial charge in [0.05, 0.1) is 4.92 Å². The molecule has 23 heavy (non-hydrogen) atoms. The number of amides is 2. The quantitative estimate of drug-likeness (QED) is 0.512. The van der Waals surface area contributed by atoms with Crippen LogP contribution in [0.2, 0.25) is 0 Å². The lowest BCUT2D eigenvalue weighted by Crippen LogP contribution is -2.40. The first-order valence-corrected chi connectivity index (χ1v) is 6.64. The van der Waals surface area contributed by atoms with Gasteiger partial charge in [-0.1, -0.05) is 30.3 Å². The number of hydrazine groups is 1. The van der Waals surface area contributed by atoms with Gasteiger partial charge >= 0.3 is 0 Å². The highest BCUT2D eigenvalue weighted by Gasteiger charge is 2.09. The highest BCUT2D eigenvalue weighted by Crippen LogP contribution is 2.11. The predicted molar refractivity (Wildman–Crippen MR) is 84.2 cm³/mol. The summed E-state index contributed by atoms with van der Waals surface area (Å²) in [6.45, 7) is 0. The first-order valence-electron chi connectivity index (χ1n) is 6.64. The van der Waals surface area contributed by atoms with Gasteiger partial charge in [-0.15, -0.1) is 0 Å². The summed E-state index contributed by atoms with van der Waals surface area (Å²) < 4.78 is 0. The van der Waals surface area contributed by atoms with Gasteiger partial charge < -0.3 is 0 Å². The van der Waals surface area contributed by atoms with Crippen LogP contribution in [0.25, 0.3) is 6.08 Å². The molecule has 7 heteroatoms. The van der Waals surface area contributed by atoms with Crippen molar-refractivity contribution < 1.29 is 14.5 Å². The molecule has 2 aromatic rings. The number of nitrogens with one attached hydrogen (secondary N) is 2. The fourth-order valence-corrected chi connectivity index (χ4v) is 1.70. The molecule has 2 rings (SSSR count). The molecule has 116 valence electrons. The summed E-state index contributed by atoms with van der Waals surface area (Å²) in [7, 11) is 0. The second-order valence-corrected chi connectivity index (χ2v) is 4.49. The average molecular weight is 311 g/mol. The average Bonchev–Trinajstić information content (AvgIpc) is 2.58. The molecule has 0 spiro atoms. The number of non-ortho nitro benzene ring substituents is 1. The molecular weight excluding hydrogens is 298 g/mol. The summed E-state index contributed by atoms with van der Waals surface area (Å²) >= 11 is 0. The van der Waals surface area contributed by atoms with Crippen LogP contribution in [0.15, 0.2) is 60.7 Å².